The third-order valence-corrected chi connectivity index (χ3v) is 2.26. The molecule has 2 atom stereocenters. The minimum absolute atomic E-state index is 0.266. The number of thiol groups is 1. The van der Waals surface area contributed by atoms with Crippen LogP contribution < -0.4 is 5.73 Å². The van der Waals surface area contributed by atoms with Crippen molar-refractivity contribution in [2.24, 2.45) is 5.73 Å². The van der Waals surface area contributed by atoms with Gasteiger partial charge in [-0.1, -0.05) is 12.1 Å². The fourth-order valence-corrected chi connectivity index (χ4v) is 1.48. The molecule has 82 valence electrons. The number of benzene rings is 1. The molecule has 0 saturated carbocycles. The minimum Gasteiger partial charge on any atom is -0.390 e. The molecule has 0 spiro atoms. The molecule has 15 heavy (non-hydrogen) atoms. The first kappa shape index (κ1) is 12.0. The number of primary amides is 1. The zero-order chi connectivity index (χ0) is 11.4. The first-order valence-electron chi connectivity index (χ1n) is 4.44. The lowest BCUT2D eigenvalue weighted by Crippen LogP contribution is -2.25. The molecule has 0 radical (unpaired) electrons. The quantitative estimate of drug-likeness (QED) is 0.556. The van der Waals surface area contributed by atoms with Crippen molar-refractivity contribution in [3.8, 4) is 0 Å². The number of aliphatic hydroxyl groups excluding tert-OH is 2. The summed E-state index contributed by atoms with van der Waals surface area (Å²) in [5.74, 6) is -0.649. The number of hydrogen-bond acceptors (Lipinski definition) is 4. The van der Waals surface area contributed by atoms with Gasteiger partial charge in [-0.05, 0) is 17.7 Å². The Balaban J connectivity index is 2.75. The van der Waals surface area contributed by atoms with Crippen LogP contribution in [0, 0.1) is 0 Å². The second-order valence-electron chi connectivity index (χ2n) is 3.28. The fraction of sp³-hybridized carbons (Fsp3) is 0.300. The van der Waals surface area contributed by atoms with Crippen LogP contribution in [0.1, 0.15) is 18.1 Å². The van der Waals surface area contributed by atoms with Gasteiger partial charge in [0, 0.05) is 4.90 Å². The van der Waals surface area contributed by atoms with Gasteiger partial charge in [-0.3, -0.25) is 4.79 Å². The average Bonchev–Trinajstić information content (AvgIpc) is 2.15. The van der Waals surface area contributed by atoms with Crippen LogP contribution in [0.3, 0.4) is 0 Å². The Kier molecular flexibility index (Phi) is 4.14. The molecule has 0 aromatic heterocycles. The number of carbonyl (C=O) groups is 1. The predicted molar refractivity (Wildman–Crippen MR) is 58.5 cm³/mol. The molecule has 0 bridgehead atoms. The lowest BCUT2D eigenvalue weighted by atomic mass is 10.0. The lowest BCUT2D eigenvalue weighted by molar-refractivity contribution is -0.121. The molecule has 0 saturated heterocycles. The zero-order valence-corrected chi connectivity index (χ0v) is 8.89. The highest BCUT2D eigenvalue weighted by molar-refractivity contribution is 7.80. The van der Waals surface area contributed by atoms with Crippen LogP contribution in [0.2, 0.25) is 0 Å². The van der Waals surface area contributed by atoms with Crippen molar-refractivity contribution in [1.82, 2.24) is 0 Å². The number of rotatable bonds is 4. The molecule has 4 nitrogen and oxygen atoms in total. The van der Waals surface area contributed by atoms with Crippen molar-refractivity contribution in [3.63, 3.8) is 0 Å². The molecule has 2 unspecified atom stereocenters. The molecule has 0 aliphatic carbocycles. The van der Waals surface area contributed by atoms with Crippen LogP contribution in [0.4, 0.5) is 0 Å². The van der Waals surface area contributed by atoms with Crippen LogP contribution in [-0.4, -0.2) is 22.2 Å². The highest BCUT2D eigenvalue weighted by Gasteiger charge is 2.20. The van der Waals surface area contributed by atoms with Crippen molar-refractivity contribution in [1.29, 1.82) is 0 Å². The van der Waals surface area contributed by atoms with E-state index in [0.717, 1.165) is 0 Å². The molecule has 1 rings (SSSR count). The maximum atomic E-state index is 10.5. The fourth-order valence-electron chi connectivity index (χ4n) is 1.25. The molecule has 1 aromatic rings. The Morgan fingerprint density at radius 1 is 1.47 bits per heavy atom. The number of amides is 1. The van der Waals surface area contributed by atoms with Crippen molar-refractivity contribution >= 4 is 18.5 Å². The van der Waals surface area contributed by atoms with Crippen LogP contribution in [-0.2, 0) is 4.79 Å². The second kappa shape index (κ2) is 5.16. The van der Waals surface area contributed by atoms with E-state index in [1.54, 1.807) is 24.3 Å². The van der Waals surface area contributed by atoms with Gasteiger partial charge in [-0.2, -0.15) is 0 Å². The molecule has 0 fully saturated rings. The smallest absolute Gasteiger partial charge is 0.220 e. The van der Waals surface area contributed by atoms with Gasteiger partial charge < -0.3 is 15.9 Å². The number of carbonyl (C=O) groups excluding carboxylic acids is 1. The Morgan fingerprint density at radius 3 is 2.67 bits per heavy atom. The van der Waals surface area contributed by atoms with Gasteiger partial charge in [-0.25, -0.2) is 0 Å². The summed E-state index contributed by atoms with van der Waals surface area (Å²) in [5, 5.41) is 19.1. The summed E-state index contributed by atoms with van der Waals surface area (Å²) < 4.78 is 0. The largest absolute Gasteiger partial charge is 0.390 e. The Labute approximate surface area is 93.1 Å². The zero-order valence-electron chi connectivity index (χ0n) is 8.00. The lowest BCUT2D eigenvalue weighted by Gasteiger charge is -2.16. The monoisotopic (exact) mass is 227 g/mol. The molecule has 0 aliphatic heterocycles. The van der Waals surface area contributed by atoms with E-state index in [-0.39, 0.29) is 6.42 Å². The second-order valence-corrected chi connectivity index (χ2v) is 3.79. The van der Waals surface area contributed by atoms with Crippen LogP contribution >= 0.6 is 12.6 Å². The van der Waals surface area contributed by atoms with E-state index in [9.17, 15) is 15.0 Å². The summed E-state index contributed by atoms with van der Waals surface area (Å²) in [6.07, 6.45) is -2.57. The third kappa shape index (κ3) is 3.54. The highest BCUT2D eigenvalue weighted by Crippen LogP contribution is 2.20. The summed E-state index contributed by atoms with van der Waals surface area (Å²) in [6, 6.07) is 6.73. The highest BCUT2D eigenvalue weighted by atomic mass is 32.1. The maximum absolute atomic E-state index is 10.5. The summed E-state index contributed by atoms with van der Waals surface area (Å²) in [5.41, 5.74) is 5.42. The van der Waals surface area contributed by atoms with E-state index in [4.69, 9.17) is 5.73 Å². The summed E-state index contributed by atoms with van der Waals surface area (Å²) in [6.45, 7) is 0. The van der Waals surface area contributed by atoms with E-state index in [1.807, 2.05) is 0 Å². The average molecular weight is 227 g/mol. The van der Waals surface area contributed by atoms with E-state index in [1.165, 1.54) is 0 Å². The number of aliphatic hydroxyl groups is 2. The third-order valence-electron chi connectivity index (χ3n) is 1.99. The van der Waals surface area contributed by atoms with Crippen LogP contribution in [0.25, 0.3) is 0 Å². The topological polar surface area (TPSA) is 83.6 Å². The molecule has 1 aromatic carbocycles. The molecule has 5 heteroatoms. The van der Waals surface area contributed by atoms with Gasteiger partial charge >= 0.3 is 0 Å². The SMILES string of the molecule is NC(=O)CC(O)C(O)c1cccc(S)c1. The summed E-state index contributed by atoms with van der Waals surface area (Å²) in [7, 11) is 0. The standard InChI is InChI=1S/C10H13NO3S/c11-9(13)5-8(12)10(14)6-2-1-3-7(15)4-6/h1-4,8,10,12,14-15H,5H2,(H2,11,13). The Morgan fingerprint density at radius 2 is 2.13 bits per heavy atom. The molecule has 4 N–H and O–H groups in total. The van der Waals surface area contributed by atoms with E-state index in [0.29, 0.717) is 10.5 Å². The van der Waals surface area contributed by atoms with Crippen molar-refractivity contribution in [2.75, 3.05) is 0 Å². The molecule has 0 aliphatic rings. The van der Waals surface area contributed by atoms with Crippen LogP contribution in [0.5, 0.6) is 0 Å². The number of hydrogen-bond donors (Lipinski definition) is 4. The van der Waals surface area contributed by atoms with Gasteiger partial charge in [0.15, 0.2) is 0 Å². The first-order chi connectivity index (χ1) is 7.00. The Bertz CT molecular complexity index is 356. The van der Waals surface area contributed by atoms with Crippen molar-refractivity contribution in [2.45, 2.75) is 23.5 Å². The predicted octanol–water partition coefficient (Wildman–Crippen LogP) is 0.245. The summed E-state index contributed by atoms with van der Waals surface area (Å²) >= 11 is 4.10. The normalized spacial score (nSPS) is 14.6. The van der Waals surface area contributed by atoms with Gasteiger partial charge in [0.2, 0.25) is 5.91 Å². The van der Waals surface area contributed by atoms with Gasteiger partial charge in [0.05, 0.1) is 12.5 Å². The molecular formula is C10H13NO3S. The van der Waals surface area contributed by atoms with Crippen molar-refractivity contribution in [3.05, 3.63) is 29.8 Å². The van der Waals surface area contributed by atoms with Gasteiger partial charge in [0.25, 0.3) is 0 Å². The van der Waals surface area contributed by atoms with Crippen LogP contribution in [0.15, 0.2) is 29.2 Å². The van der Waals surface area contributed by atoms with Gasteiger partial charge in [0.1, 0.15) is 6.10 Å². The number of nitrogens with two attached hydrogens (primary N) is 1. The van der Waals surface area contributed by atoms with Crippen molar-refractivity contribution < 1.29 is 15.0 Å². The molecule has 1 amide bonds. The molecular weight excluding hydrogens is 214 g/mol. The minimum atomic E-state index is -1.18. The molecule has 0 heterocycles. The Hall–Kier alpha value is -1.04. The maximum Gasteiger partial charge on any atom is 0.220 e. The first-order valence-corrected chi connectivity index (χ1v) is 4.89. The van der Waals surface area contributed by atoms with E-state index >= 15 is 0 Å². The van der Waals surface area contributed by atoms with E-state index in [2.05, 4.69) is 12.6 Å². The van der Waals surface area contributed by atoms with Gasteiger partial charge in [-0.15, -0.1) is 12.6 Å². The van der Waals surface area contributed by atoms with E-state index < -0.39 is 18.1 Å². The summed E-state index contributed by atoms with van der Waals surface area (Å²) in [4.78, 5) is 11.2.